The predicted molar refractivity (Wildman–Crippen MR) is 121 cm³/mol. The zero-order valence-corrected chi connectivity index (χ0v) is 18.9. The molecule has 1 aliphatic rings. The van der Waals surface area contributed by atoms with Crippen molar-refractivity contribution < 1.29 is 13.2 Å². The molecule has 3 aromatic rings. The molecular formula is C20H18ClN3O3S3. The van der Waals surface area contributed by atoms with Gasteiger partial charge in [0.1, 0.15) is 11.0 Å². The van der Waals surface area contributed by atoms with Crippen LogP contribution in [0.4, 0.5) is 0 Å². The minimum Gasteiger partial charge on any atom is -0.349 e. The van der Waals surface area contributed by atoms with Crippen LogP contribution < -0.4 is 5.32 Å². The Bertz CT molecular complexity index is 1150. The van der Waals surface area contributed by atoms with Crippen molar-refractivity contribution in [2.24, 2.45) is 0 Å². The van der Waals surface area contributed by atoms with Crippen LogP contribution in [0.5, 0.6) is 0 Å². The van der Waals surface area contributed by atoms with E-state index in [4.69, 9.17) is 11.6 Å². The van der Waals surface area contributed by atoms with Gasteiger partial charge in [-0.25, -0.2) is 13.4 Å². The van der Waals surface area contributed by atoms with Crippen LogP contribution in [0, 0.1) is 0 Å². The topological polar surface area (TPSA) is 79.4 Å². The van der Waals surface area contributed by atoms with E-state index in [1.807, 2.05) is 35.7 Å². The van der Waals surface area contributed by atoms with E-state index in [1.54, 1.807) is 12.1 Å². The molecule has 0 saturated carbocycles. The monoisotopic (exact) mass is 479 g/mol. The zero-order chi connectivity index (χ0) is 21.1. The largest absolute Gasteiger partial charge is 0.349 e. The van der Waals surface area contributed by atoms with E-state index >= 15 is 0 Å². The Morgan fingerprint density at radius 3 is 2.77 bits per heavy atom. The smallest absolute Gasteiger partial charge is 0.244 e. The predicted octanol–water partition coefficient (Wildman–Crippen LogP) is 3.84. The first-order valence-electron chi connectivity index (χ1n) is 9.08. The molecule has 1 aliphatic heterocycles. The maximum Gasteiger partial charge on any atom is 0.244 e. The first-order chi connectivity index (χ1) is 14.4. The van der Waals surface area contributed by atoms with E-state index < -0.39 is 16.1 Å². The molecule has 1 atom stereocenters. The van der Waals surface area contributed by atoms with Gasteiger partial charge in [-0.2, -0.15) is 4.31 Å². The lowest BCUT2D eigenvalue weighted by atomic mass is 10.2. The van der Waals surface area contributed by atoms with E-state index in [2.05, 4.69) is 10.3 Å². The molecule has 0 aliphatic carbocycles. The number of hydrogen-bond acceptors (Lipinski definition) is 6. The number of carbonyl (C=O) groups is 1. The van der Waals surface area contributed by atoms with E-state index in [0.29, 0.717) is 10.8 Å². The molecule has 2 aromatic carbocycles. The molecule has 156 valence electrons. The summed E-state index contributed by atoms with van der Waals surface area (Å²) in [7, 11) is -3.82. The van der Waals surface area contributed by atoms with E-state index in [1.165, 1.54) is 39.5 Å². The number of sulfonamides is 1. The van der Waals surface area contributed by atoms with Crippen molar-refractivity contribution in [2.75, 3.05) is 11.6 Å². The number of nitrogens with zero attached hydrogens (tertiary/aromatic N) is 2. The minimum atomic E-state index is -3.82. The second-order valence-corrected chi connectivity index (χ2v) is 10.8. The van der Waals surface area contributed by atoms with Gasteiger partial charge in [-0.05, 0) is 18.2 Å². The Hall–Kier alpha value is -1.91. The fourth-order valence-corrected chi connectivity index (χ4v) is 7.31. The molecule has 1 N–H and O–H groups in total. The van der Waals surface area contributed by atoms with Crippen LogP contribution in [0.15, 0.2) is 64.9 Å². The molecule has 6 nitrogen and oxygen atoms in total. The van der Waals surface area contributed by atoms with Crippen LogP contribution in [0.1, 0.15) is 5.69 Å². The highest BCUT2D eigenvalue weighted by atomic mass is 35.5. The fourth-order valence-electron chi connectivity index (χ4n) is 3.03. The molecule has 0 unspecified atom stereocenters. The molecule has 1 saturated heterocycles. The van der Waals surface area contributed by atoms with Crippen molar-refractivity contribution in [3.8, 4) is 10.6 Å². The minimum absolute atomic E-state index is 0.0855. The highest BCUT2D eigenvalue weighted by molar-refractivity contribution is 8.00. The Morgan fingerprint density at radius 1 is 1.20 bits per heavy atom. The third-order valence-electron chi connectivity index (χ3n) is 4.56. The Kier molecular flexibility index (Phi) is 6.45. The van der Waals surface area contributed by atoms with Crippen molar-refractivity contribution in [1.82, 2.24) is 14.6 Å². The van der Waals surface area contributed by atoms with Gasteiger partial charge in [0.25, 0.3) is 0 Å². The lowest BCUT2D eigenvalue weighted by Gasteiger charge is -2.22. The highest BCUT2D eigenvalue weighted by Crippen LogP contribution is 2.29. The summed E-state index contributed by atoms with van der Waals surface area (Å²) >= 11 is 8.86. The number of rotatable bonds is 6. The third-order valence-corrected chi connectivity index (χ3v) is 8.77. The number of hydrogen-bond donors (Lipinski definition) is 1. The number of thiazole rings is 1. The van der Waals surface area contributed by atoms with Gasteiger partial charge in [0.2, 0.25) is 15.9 Å². The number of thioether (sulfide) groups is 1. The van der Waals surface area contributed by atoms with Gasteiger partial charge in [0, 0.05) is 21.7 Å². The summed E-state index contributed by atoms with van der Waals surface area (Å²) in [6, 6.07) is 15.1. The molecule has 0 bridgehead atoms. The van der Waals surface area contributed by atoms with Gasteiger partial charge in [-0.3, -0.25) is 4.79 Å². The van der Waals surface area contributed by atoms with Crippen LogP contribution >= 0.6 is 34.7 Å². The highest BCUT2D eigenvalue weighted by Gasteiger charge is 2.40. The molecular weight excluding hydrogens is 462 g/mol. The van der Waals surface area contributed by atoms with Gasteiger partial charge in [-0.1, -0.05) is 48.0 Å². The van der Waals surface area contributed by atoms with Crippen molar-refractivity contribution in [1.29, 1.82) is 0 Å². The second kappa shape index (κ2) is 9.07. The van der Waals surface area contributed by atoms with E-state index in [0.717, 1.165) is 16.3 Å². The summed E-state index contributed by atoms with van der Waals surface area (Å²) in [6.45, 7) is 0.244. The normalized spacial score (nSPS) is 17.2. The first kappa shape index (κ1) is 21.3. The second-order valence-electron chi connectivity index (χ2n) is 6.59. The van der Waals surface area contributed by atoms with Crippen LogP contribution in [0.2, 0.25) is 5.02 Å². The first-order valence-corrected chi connectivity index (χ1v) is 12.9. The average Bonchev–Trinajstić information content (AvgIpc) is 3.43. The zero-order valence-electron chi connectivity index (χ0n) is 15.7. The van der Waals surface area contributed by atoms with Gasteiger partial charge in [0.15, 0.2) is 0 Å². The number of aromatic nitrogens is 1. The van der Waals surface area contributed by atoms with Gasteiger partial charge >= 0.3 is 0 Å². The van der Waals surface area contributed by atoms with E-state index in [9.17, 15) is 13.2 Å². The molecule has 1 amide bonds. The van der Waals surface area contributed by atoms with Gasteiger partial charge < -0.3 is 5.32 Å². The molecule has 4 rings (SSSR count). The van der Waals surface area contributed by atoms with Crippen LogP contribution in [-0.2, 0) is 21.4 Å². The molecule has 2 heterocycles. The summed E-state index contributed by atoms with van der Waals surface area (Å²) in [4.78, 5) is 17.4. The molecule has 1 fully saturated rings. The SMILES string of the molecule is O=C(NCc1csc(-c2ccccc2)n1)[C@H]1CSCN1S(=O)(=O)c1cccc(Cl)c1. The van der Waals surface area contributed by atoms with Crippen molar-refractivity contribution in [2.45, 2.75) is 17.5 Å². The maximum absolute atomic E-state index is 13.0. The molecule has 10 heteroatoms. The summed E-state index contributed by atoms with van der Waals surface area (Å²) in [6.07, 6.45) is 0. The number of nitrogens with one attached hydrogen (secondary N) is 1. The van der Waals surface area contributed by atoms with E-state index in [-0.39, 0.29) is 23.2 Å². The maximum atomic E-state index is 13.0. The summed E-state index contributed by atoms with van der Waals surface area (Å²) < 4.78 is 27.2. The standard InChI is InChI=1S/C20H18ClN3O3S3/c21-15-7-4-8-17(9-15)30(26,27)24-13-28-12-18(24)19(25)22-10-16-11-29-20(23-16)14-5-2-1-3-6-14/h1-9,11,18H,10,12-13H2,(H,22,25)/t18-/m1/s1. The molecule has 30 heavy (non-hydrogen) atoms. The summed E-state index contributed by atoms with van der Waals surface area (Å²) in [5.74, 6) is 0.291. The van der Waals surface area contributed by atoms with Gasteiger partial charge in [-0.15, -0.1) is 23.1 Å². The Morgan fingerprint density at radius 2 is 2.00 bits per heavy atom. The number of carbonyl (C=O) groups excluding carboxylic acids is 1. The average molecular weight is 480 g/mol. The summed E-state index contributed by atoms with van der Waals surface area (Å²) in [5.41, 5.74) is 1.76. The number of amides is 1. The lowest BCUT2D eigenvalue weighted by Crippen LogP contribution is -2.46. The Labute approximate surface area is 188 Å². The van der Waals surface area contributed by atoms with Crippen LogP contribution in [0.25, 0.3) is 10.6 Å². The fraction of sp³-hybridized carbons (Fsp3) is 0.200. The van der Waals surface area contributed by atoms with Crippen molar-refractivity contribution >= 4 is 50.6 Å². The Balaban J connectivity index is 1.44. The number of benzene rings is 2. The van der Waals surface area contributed by atoms with Crippen LogP contribution in [0.3, 0.4) is 0 Å². The third kappa shape index (κ3) is 4.55. The molecule has 0 radical (unpaired) electrons. The van der Waals surface area contributed by atoms with Crippen molar-refractivity contribution in [3.63, 3.8) is 0 Å². The quantitative estimate of drug-likeness (QED) is 0.581. The number of halogens is 1. The summed E-state index contributed by atoms with van der Waals surface area (Å²) in [5, 5.41) is 5.94. The van der Waals surface area contributed by atoms with Gasteiger partial charge in [0.05, 0.1) is 23.0 Å². The molecule has 1 aromatic heterocycles. The van der Waals surface area contributed by atoms with Crippen molar-refractivity contribution in [3.05, 3.63) is 70.7 Å². The lowest BCUT2D eigenvalue weighted by molar-refractivity contribution is -0.124. The molecule has 0 spiro atoms. The van der Waals surface area contributed by atoms with Crippen LogP contribution in [-0.4, -0.2) is 41.3 Å².